The highest BCUT2D eigenvalue weighted by Crippen LogP contribution is 2.25. The first kappa shape index (κ1) is 10.4. The lowest BCUT2D eigenvalue weighted by molar-refractivity contribution is 0.101. The minimum Gasteiger partial charge on any atom is -0.495 e. The molecule has 1 rings (SSSR count). The number of methoxy groups -OCH3 is 1. The summed E-state index contributed by atoms with van der Waals surface area (Å²) in [5.41, 5.74) is -0.0174. The molecule has 14 heavy (non-hydrogen) atoms. The van der Waals surface area contributed by atoms with Gasteiger partial charge in [0.1, 0.15) is 11.6 Å². The zero-order valence-corrected chi connectivity index (χ0v) is 7.83. The van der Waals surface area contributed by atoms with Crippen molar-refractivity contribution < 1.29 is 18.7 Å². The van der Waals surface area contributed by atoms with Crippen molar-refractivity contribution in [2.24, 2.45) is 0 Å². The number of halogens is 1. The smallest absolute Gasteiger partial charge is 0.163 e. The third-order valence-corrected chi connectivity index (χ3v) is 1.84. The van der Waals surface area contributed by atoms with Gasteiger partial charge in [-0.05, 0) is 19.1 Å². The van der Waals surface area contributed by atoms with E-state index >= 15 is 0 Å². The van der Waals surface area contributed by atoms with Crippen LogP contribution >= 0.6 is 0 Å². The topological polar surface area (TPSA) is 43.4 Å². The average Bonchev–Trinajstić information content (AvgIpc) is 2.16. The van der Waals surface area contributed by atoms with Gasteiger partial charge in [-0.15, -0.1) is 0 Å². The van der Waals surface area contributed by atoms with Gasteiger partial charge in [-0.3, -0.25) is 9.59 Å². The molecule has 4 heteroatoms. The number of hydrogen-bond acceptors (Lipinski definition) is 3. The van der Waals surface area contributed by atoms with Gasteiger partial charge in [0, 0.05) is 0 Å². The molecule has 0 saturated heterocycles. The molecule has 0 N–H and O–H groups in total. The van der Waals surface area contributed by atoms with Gasteiger partial charge < -0.3 is 4.74 Å². The first-order valence-corrected chi connectivity index (χ1v) is 3.94. The summed E-state index contributed by atoms with van der Waals surface area (Å²) in [4.78, 5) is 21.6. The Bertz CT molecular complexity index is 385. The Morgan fingerprint density at radius 2 is 2.14 bits per heavy atom. The number of ether oxygens (including phenoxy) is 1. The van der Waals surface area contributed by atoms with Crippen LogP contribution in [0.15, 0.2) is 12.1 Å². The van der Waals surface area contributed by atoms with Crippen molar-refractivity contribution in [3.8, 4) is 5.75 Å². The fourth-order valence-electron chi connectivity index (χ4n) is 1.18. The Balaban J connectivity index is 3.48. The molecule has 0 radical (unpaired) electrons. The first-order valence-electron chi connectivity index (χ1n) is 3.94. The van der Waals surface area contributed by atoms with E-state index in [1.807, 2.05) is 0 Å². The predicted octanol–water partition coefficient (Wildman–Crippen LogP) is 1.85. The summed E-state index contributed by atoms with van der Waals surface area (Å²) in [7, 11) is 1.29. The van der Waals surface area contributed by atoms with Gasteiger partial charge in [-0.25, -0.2) is 4.39 Å². The lowest BCUT2D eigenvalue weighted by atomic mass is 10.1. The van der Waals surface area contributed by atoms with E-state index < -0.39 is 5.82 Å². The number of carbonyl (C=O) groups is 2. The van der Waals surface area contributed by atoms with Gasteiger partial charge in [0.2, 0.25) is 0 Å². The molecule has 0 aliphatic heterocycles. The number of carbonyl (C=O) groups excluding carboxylic acids is 2. The van der Waals surface area contributed by atoms with E-state index in [9.17, 15) is 14.0 Å². The minimum atomic E-state index is -0.693. The van der Waals surface area contributed by atoms with Gasteiger partial charge in [-0.2, -0.15) is 0 Å². The summed E-state index contributed by atoms with van der Waals surface area (Å²) in [6.07, 6.45) is 0.334. The maximum Gasteiger partial charge on any atom is 0.163 e. The molecule has 0 heterocycles. The second kappa shape index (κ2) is 4.00. The van der Waals surface area contributed by atoms with Crippen molar-refractivity contribution in [3.05, 3.63) is 29.1 Å². The van der Waals surface area contributed by atoms with Crippen LogP contribution in [0.2, 0.25) is 0 Å². The van der Waals surface area contributed by atoms with Crippen LogP contribution in [0.4, 0.5) is 4.39 Å². The summed E-state index contributed by atoms with van der Waals surface area (Å²) < 4.78 is 17.9. The van der Waals surface area contributed by atoms with E-state index in [0.29, 0.717) is 6.29 Å². The lowest BCUT2D eigenvalue weighted by Gasteiger charge is -2.08. The van der Waals surface area contributed by atoms with E-state index in [2.05, 4.69) is 0 Å². The molecule has 1 aromatic carbocycles. The summed E-state index contributed by atoms with van der Waals surface area (Å²) >= 11 is 0. The number of rotatable bonds is 3. The quantitative estimate of drug-likeness (QED) is 0.547. The SMILES string of the molecule is COc1c(C(C)=O)ccc(F)c1C=O. The molecular formula is C10H9FO3. The third kappa shape index (κ3) is 1.64. The first-order chi connectivity index (χ1) is 6.61. The van der Waals surface area contributed by atoms with Crippen LogP contribution in [0.5, 0.6) is 5.75 Å². The molecule has 0 aromatic heterocycles. The summed E-state index contributed by atoms with van der Waals surface area (Å²) in [6.45, 7) is 1.32. The molecule has 0 saturated carbocycles. The molecule has 1 aromatic rings. The summed E-state index contributed by atoms with van der Waals surface area (Å²) in [5.74, 6) is -0.973. The third-order valence-electron chi connectivity index (χ3n) is 1.84. The summed E-state index contributed by atoms with van der Waals surface area (Å²) in [6, 6.07) is 2.37. The number of hydrogen-bond donors (Lipinski definition) is 0. The molecule has 74 valence electrons. The van der Waals surface area contributed by atoms with Crippen LogP contribution in [0, 0.1) is 5.82 Å². The molecular weight excluding hydrogens is 187 g/mol. The monoisotopic (exact) mass is 196 g/mol. The van der Waals surface area contributed by atoms with Crippen LogP contribution in [0.25, 0.3) is 0 Å². The Morgan fingerprint density at radius 1 is 1.50 bits per heavy atom. The maximum atomic E-state index is 13.1. The molecule has 0 aliphatic rings. The van der Waals surface area contributed by atoms with E-state index in [1.54, 1.807) is 0 Å². The van der Waals surface area contributed by atoms with Gasteiger partial charge in [0.25, 0.3) is 0 Å². The molecule has 0 fully saturated rings. The second-order valence-corrected chi connectivity index (χ2v) is 2.72. The second-order valence-electron chi connectivity index (χ2n) is 2.72. The zero-order chi connectivity index (χ0) is 10.7. The van der Waals surface area contributed by atoms with Gasteiger partial charge in [0.05, 0.1) is 18.2 Å². The molecule has 0 bridgehead atoms. The maximum absolute atomic E-state index is 13.1. The highest BCUT2D eigenvalue weighted by molar-refractivity contribution is 5.99. The normalized spacial score (nSPS) is 9.64. The van der Waals surface area contributed by atoms with Crippen LogP contribution in [-0.2, 0) is 0 Å². The van der Waals surface area contributed by atoms with E-state index in [-0.39, 0.29) is 22.7 Å². The van der Waals surface area contributed by atoms with Crippen molar-refractivity contribution in [1.29, 1.82) is 0 Å². The Labute approximate surface area is 80.5 Å². The van der Waals surface area contributed by atoms with Crippen molar-refractivity contribution in [2.75, 3.05) is 7.11 Å². The van der Waals surface area contributed by atoms with Crippen LogP contribution in [-0.4, -0.2) is 19.2 Å². The predicted molar refractivity (Wildman–Crippen MR) is 48.3 cm³/mol. The zero-order valence-electron chi connectivity index (χ0n) is 7.83. The van der Waals surface area contributed by atoms with E-state index in [0.717, 1.165) is 6.07 Å². The average molecular weight is 196 g/mol. The van der Waals surface area contributed by atoms with Crippen molar-refractivity contribution >= 4 is 12.1 Å². The van der Waals surface area contributed by atoms with Crippen LogP contribution in [0.3, 0.4) is 0 Å². The number of aldehydes is 1. The van der Waals surface area contributed by atoms with Crippen LogP contribution < -0.4 is 4.74 Å². The fraction of sp³-hybridized carbons (Fsp3) is 0.200. The lowest BCUT2D eigenvalue weighted by Crippen LogP contribution is -2.03. The number of ketones is 1. The minimum absolute atomic E-state index is 0.00694. The van der Waals surface area contributed by atoms with Gasteiger partial charge >= 0.3 is 0 Å². The van der Waals surface area contributed by atoms with Crippen LogP contribution in [0.1, 0.15) is 27.6 Å². The van der Waals surface area contributed by atoms with E-state index in [1.165, 1.54) is 20.1 Å². The Kier molecular flexibility index (Phi) is 2.96. The van der Waals surface area contributed by atoms with Crippen molar-refractivity contribution in [3.63, 3.8) is 0 Å². The van der Waals surface area contributed by atoms with Crippen molar-refractivity contribution in [1.82, 2.24) is 0 Å². The molecule has 3 nitrogen and oxygen atoms in total. The Morgan fingerprint density at radius 3 is 2.57 bits per heavy atom. The highest BCUT2D eigenvalue weighted by atomic mass is 19.1. The highest BCUT2D eigenvalue weighted by Gasteiger charge is 2.15. The van der Waals surface area contributed by atoms with E-state index in [4.69, 9.17) is 4.74 Å². The standard InChI is InChI=1S/C10H9FO3/c1-6(13)7-3-4-9(11)8(5-12)10(7)14-2/h3-5H,1-2H3. The molecule has 0 aliphatic carbocycles. The fourth-order valence-corrected chi connectivity index (χ4v) is 1.18. The molecule has 0 unspecified atom stereocenters. The molecule has 0 spiro atoms. The number of benzene rings is 1. The molecule has 0 atom stereocenters. The van der Waals surface area contributed by atoms with Gasteiger partial charge in [0.15, 0.2) is 12.1 Å². The molecule has 0 amide bonds. The van der Waals surface area contributed by atoms with Crippen molar-refractivity contribution in [2.45, 2.75) is 6.92 Å². The van der Waals surface area contributed by atoms with Gasteiger partial charge in [-0.1, -0.05) is 0 Å². The largest absolute Gasteiger partial charge is 0.495 e. The number of Topliss-reactive ketones (excluding diaryl/α,β-unsaturated/α-hetero) is 1. The summed E-state index contributed by atoms with van der Waals surface area (Å²) in [5, 5.41) is 0. The Hall–Kier alpha value is -1.71.